The highest BCUT2D eigenvalue weighted by Gasteiger charge is 2.70. The van der Waals surface area contributed by atoms with Gasteiger partial charge in [-0.15, -0.1) is 0 Å². The fraction of sp³-hybridized carbons (Fsp3) is 0.593. The lowest BCUT2D eigenvalue weighted by Gasteiger charge is -2.64. The Hall–Kier alpha value is -2.55. The summed E-state index contributed by atoms with van der Waals surface area (Å²) in [5.41, 5.74) is 1.46. The fourth-order valence-corrected chi connectivity index (χ4v) is 6.73. The number of aliphatic hydroxyl groups is 2. The van der Waals surface area contributed by atoms with E-state index in [0.717, 1.165) is 0 Å². The van der Waals surface area contributed by atoms with E-state index in [9.17, 15) is 29.7 Å². The third-order valence-corrected chi connectivity index (χ3v) is 9.10. The van der Waals surface area contributed by atoms with Crippen molar-refractivity contribution in [3.63, 3.8) is 0 Å². The third kappa shape index (κ3) is 3.65. The predicted octanol–water partition coefficient (Wildman–Crippen LogP) is 2.91. The molecule has 1 heterocycles. The van der Waals surface area contributed by atoms with Gasteiger partial charge in [0.05, 0.1) is 22.7 Å². The SMILES string of the molecule is CC(C)(O)[C@H]1O[C@H]2CC[C@@]3(C)[C@@](O)(CC[C@@H](CC(=O)c4ccccc4N)[C@]3(C)C(=O)O)C2=CC1=O. The van der Waals surface area contributed by atoms with Crippen molar-refractivity contribution in [3.05, 3.63) is 41.5 Å². The highest BCUT2D eigenvalue weighted by molar-refractivity contribution is 6.01. The van der Waals surface area contributed by atoms with E-state index in [1.54, 1.807) is 38.1 Å². The quantitative estimate of drug-likeness (QED) is 0.368. The number of carboxylic acids is 1. The number of para-hydroxylation sites is 1. The van der Waals surface area contributed by atoms with Crippen molar-refractivity contribution in [2.24, 2.45) is 16.7 Å². The molecule has 0 radical (unpaired) electrons. The summed E-state index contributed by atoms with van der Waals surface area (Å²) < 4.78 is 5.97. The molecule has 35 heavy (non-hydrogen) atoms. The Labute approximate surface area is 205 Å². The molecule has 2 fully saturated rings. The lowest BCUT2D eigenvalue weighted by Crippen LogP contribution is -2.69. The van der Waals surface area contributed by atoms with Crippen LogP contribution in [0.2, 0.25) is 0 Å². The van der Waals surface area contributed by atoms with Crippen molar-refractivity contribution >= 4 is 23.2 Å². The van der Waals surface area contributed by atoms with Crippen LogP contribution in [0.3, 0.4) is 0 Å². The number of rotatable bonds is 5. The first-order valence-electron chi connectivity index (χ1n) is 12.1. The Bertz CT molecular complexity index is 1100. The number of nitrogen functional groups attached to an aromatic ring is 1. The van der Waals surface area contributed by atoms with Gasteiger partial charge >= 0.3 is 5.97 Å². The molecule has 1 aromatic carbocycles. The van der Waals surface area contributed by atoms with Crippen LogP contribution >= 0.6 is 0 Å². The first-order valence-corrected chi connectivity index (χ1v) is 12.1. The van der Waals surface area contributed by atoms with E-state index < -0.39 is 51.9 Å². The molecule has 0 saturated heterocycles. The van der Waals surface area contributed by atoms with Crippen LogP contribution < -0.4 is 5.73 Å². The van der Waals surface area contributed by atoms with Crippen LogP contribution in [-0.4, -0.2) is 56.3 Å². The van der Waals surface area contributed by atoms with Crippen LogP contribution in [0.25, 0.3) is 0 Å². The summed E-state index contributed by atoms with van der Waals surface area (Å²) >= 11 is 0. The lowest BCUT2D eigenvalue weighted by molar-refractivity contribution is -0.225. The van der Waals surface area contributed by atoms with Crippen molar-refractivity contribution < 1.29 is 34.4 Å². The molecule has 2 saturated carbocycles. The number of hydrogen-bond donors (Lipinski definition) is 4. The van der Waals surface area contributed by atoms with Crippen LogP contribution in [0.15, 0.2) is 35.9 Å². The average molecular weight is 486 g/mol. The monoisotopic (exact) mass is 485 g/mol. The predicted molar refractivity (Wildman–Crippen MR) is 129 cm³/mol. The van der Waals surface area contributed by atoms with Gasteiger partial charge in [0.2, 0.25) is 0 Å². The highest BCUT2D eigenvalue weighted by Crippen LogP contribution is 2.66. The zero-order valence-corrected chi connectivity index (χ0v) is 20.7. The number of benzene rings is 1. The Balaban J connectivity index is 1.73. The molecule has 4 rings (SSSR count). The van der Waals surface area contributed by atoms with E-state index in [1.165, 1.54) is 19.9 Å². The Morgan fingerprint density at radius 3 is 2.43 bits per heavy atom. The van der Waals surface area contributed by atoms with E-state index in [2.05, 4.69) is 0 Å². The zero-order valence-electron chi connectivity index (χ0n) is 20.7. The maximum absolute atomic E-state index is 13.2. The minimum absolute atomic E-state index is 0.0125. The van der Waals surface area contributed by atoms with Crippen molar-refractivity contribution in [3.8, 4) is 0 Å². The van der Waals surface area contributed by atoms with Gasteiger partial charge in [-0.25, -0.2) is 0 Å². The van der Waals surface area contributed by atoms with Crippen LogP contribution in [0.5, 0.6) is 0 Å². The molecule has 3 aliphatic rings. The summed E-state index contributed by atoms with van der Waals surface area (Å²) in [6.07, 6.45) is 0.872. The maximum atomic E-state index is 13.2. The Kier molecular flexibility index (Phi) is 6.02. The molecule has 0 unspecified atom stereocenters. The van der Waals surface area contributed by atoms with Crippen molar-refractivity contribution in [2.75, 3.05) is 5.73 Å². The molecule has 190 valence electrons. The Morgan fingerprint density at radius 1 is 1.17 bits per heavy atom. The maximum Gasteiger partial charge on any atom is 0.310 e. The summed E-state index contributed by atoms with van der Waals surface area (Å²) in [5.74, 6) is -2.31. The summed E-state index contributed by atoms with van der Waals surface area (Å²) in [7, 11) is 0. The number of aliphatic carboxylic acids is 1. The number of ether oxygens (including phenoxy) is 1. The van der Waals surface area contributed by atoms with Crippen molar-refractivity contribution in [2.45, 2.75) is 83.2 Å². The van der Waals surface area contributed by atoms with Gasteiger partial charge in [-0.2, -0.15) is 0 Å². The number of carbonyl (C=O) groups is 3. The fourth-order valence-electron chi connectivity index (χ4n) is 6.73. The Morgan fingerprint density at radius 2 is 1.83 bits per heavy atom. The number of Topliss-reactive ketones (excluding diaryl/α,β-unsaturated/α-hetero) is 1. The lowest BCUT2D eigenvalue weighted by atomic mass is 9.41. The molecule has 6 atom stereocenters. The van der Waals surface area contributed by atoms with Crippen LogP contribution in [0.1, 0.15) is 70.2 Å². The third-order valence-electron chi connectivity index (χ3n) is 9.10. The number of anilines is 1. The largest absolute Gasteiger partial charge is 0.481 e. The molecular formula is C27H35NO7. The normalized spacial score (nSPS) is 37.1. The number of ketones is 2. The average Bonchev–Trinajstić information content (AvgIpc) is 2.77. The summed E-state index contributed by atoms with van der Waals surface area (Å²) in [6, 6.07) is 6.73. The summed E-state index contributed by atoms with van der Waals surface area (Å²) in [6.45, 7) is 6.36. The van der Waals surface area contributed by atoms with Gasteiger partial charge in [0.15, 0.2) is 11.6 Å². The molecule has 0 bridgehead atoms. The molecule has 0 spiro atoms. The second-order valence-corrected chi connectivity index (χ2v) is 11.3. The van der Waals surface area contributed by atoms with E-state index in [0.29, 0.717) is 29.7 Å². The van der Waals surface area contributed by atoms with Gasteiger partial charge in [0.1, 0.15) is 6.10 Å². The first kappa shape index (κ1) is 25.5. The highest BCUT2D eigenvalue weighted by atomic mass is 16.5. The molecule has 2 aliphatic carbocycles. The number of carbonyl (C=O) groups excluding carboxylic acids is 2. The van der Waals surface area contributed by atoms with Gasteiger partial charge in [-0.05, 0) is 76.2 Å². The molecule has 5 N–H and O–H groups in total. The van der Waals surface area contributed by atoms with Gasteiger partial charge < -0.3 is 25.8 Å². The molecule has 1 aliphatic heterocycles. The zero-order chi connectivity index (χ0) is 26.0. The van der Waals surface area contributed by atoms with E-state index in [1.807, 2.05) is 0 Å². The van der Waals surface area contributed by atoms with Crippen molar-refractivity contribution in [1.82, 2.24) is 0 Å². The smallest absolute Gasteiger partial charge is 0.310 e. The molecule has 1 aromatic rings. The summed E-state index contributed by atoms with van der Waals surface area (Å²) in [5, 5.41) is 33.0. The number of nitrogens with two attached hydrogens (primary N) is 1. The molecular weight excluding hydrogens is 450 g/mol. The first-order chi connectivity index (χ1) is 16.2. The number of fused-ring (bicyclic) bond motifs is 3. The van der Waals surface area contributed by atoms with Gasteiger partial charge in [-0.3, -0.25) is 14.4 Å². The minimum atomic E-state index is -1.60. The van der Waals surface area contributed by atoms with Crippen molar-refractivity contribution in [1.29, 1.82) is 0 Å². The number of hydrogen-bond acceptors (Lipinski definition) is 7. The molecule has 8 nitrogen and oxygen atoms in total. The second-order valence-electron chi connectivity index (χ2n) is 11.3. The van der Waals surface area contributed by atoms with Crippen LogP contribution in [0, 0.1) is 16.7 Å². The minimum Gasteiger partial charge on any atom is -0.481 e. The second kappa shape index (κ2) is 8.25. The molecule has 0 amide bonds. The van der Waals surface area contributed by atoms with E-state index in [4.69, 9.17) is 10.5 Å². The van der Waals surface area contributed by atoms with E-state index in [-0.39, 0.29) is 25.0 Å². The molecule has 0 aromatic heterocycles. The molecule has 8 heteroatoms. The van der Waals surface area contributed by atoms with Gasteiger partial charge in [0, 0.05) is 23.1 Å². The standard InChI is InChI=1S/C27H35NO7/c1-24(2,33)22-20(30)14-17-21(35-22)10-11-25(3)26(4,23(31)32)15(9-12-27(17,25)34)13-19(29)16-7-5-6-8-18(16)28/h5-8,14-15,21-22,33-34H,9-13,28H2,1-4H3,(H,31,32)/t15-,21-,22-,25+,26+,27+/m0/s1. The van der Waals surface area contributed by atoms with Gasteiger partial charge in [0.25, 0.3) is 0 Å². The summed E-state index contributed by atoms with van der Waals surface area (Å²) in [4.78, 5) is 38.9. The van der Waals surface area contributed by atoms with Crippen LogP contribution in [0.4, 0.5) is 5.69 Å². The topological polar surface area (TPSA) is 147 Å². The van der Waals surface area contributed by atoms with Gasteiger partial charge in [-0.1, -0.05) is 19.1 Å². The number of carboxylic acid groups (broad SMARTS) is 1. The van der Waals surface area contributed by atoms with E-state index >= 15 is 0 Å². The van der Waals surface area contributed by atoms with Crippen LogP contribution in [-0.2, 0) is 14.3 Å².